The minimum Gasteiger partial charge on any atom is -0.428 e. The molecule has 1 aliphatic carbocycles. The third-order valence-electron chi connectivity index (χ3n) is 2.25. The molecule has 1 saturated carbocycles. The number of hydrogen-bond donors (Lipinski definition) is 0. The van der Waals surface area contributed by atoms with E-state index in [2.05, 4.69) is 30.3 Å². The van der Waals surface area contributed by atoms with E-state index < -0.39 is 0 Å². The Balaban J connectivity index is 1.77. The second-order valence-electron chi connectivity index (χ2n) is 3.63. The van der Waals surface area contributed by atoms with Crippen molar-refractivity contribution in [3.63, 3.8) is 0 Å². The summed E-state index contributed by atoms with van der Waals surface area (Å²) in [4.78, 5) is 8.36. The van der Waals surface area contributed by atoms with Crippen LogP contribution in [0.15, 0.2) is 22.9 Å². The quantitative estimate of drug-likeness (QED) is 0.871. The molecule has 2 aromatic heterocycles. The van der Waals surface area contributed by atoms with Crippen LogP contribution in [0.2, 0.25) is 0 Å². The van der Waals surface area contributed by atoms with Gasteiger partial charge in [0.05, 0.1) is 6.20 Å². The van der Waals surface area contributed by atoms with Crippen molar-refractivity contribution >= 4 is 27.5 Å². The highest BCUT2D eigenvalue weighted by Gasteiger charge is 2.28. The van der Waals surface area contributed by atoms with Gasteiger partial charge in [-0.1, -0.05) is 0 Å². The average molecular weight is 298 g/mol. The lowest BCUT2D eigenvalue weighted by atomic mass is 10.4. The van der Waals surface area contributed by atoms with E-state index in [4.69, 9.17) is 4.74 Å². The van der Waals surface area contributed by atoms with E-state index in [1.807, 2.05) is 6.07 Å². The van der Waals surface area contributed by atoms with Crippen LogP contribution in [0.4, 0.5) is 0 Å². The van der Waals surface area contributed by atoms with Crippen molar-refractivity contribution in [2.75, 3.05) is 0 Å². The van der Waals surface area contributed by atoms with Crippen LogP contribution in [0.1, 0.15) is 24.6 Å². The summed E-state index contributed by atoms with van der Waals surface area (Å²) in [5, 5.41) is 0.585. The Labute approximate surface area is 105 Å². The minimum absolute atomic E-state index is 0.564. The van der Waals surface area contributed by atoms with Gasteiger partial charge in [-0.2, -0.15) is 9.36 Å². The molecule has 1 fully saturated rings. The first-order valence-electron chi connectivity index (χ1n) is 4.93. The zero-order chi connectivity index (χ0) is 11.0. The molecular weight excluding hydrogens is 290 g/mol. The molecule has 0 unspecified atom stereocenters. The van der Waals surface area contributed by atoms with Crippen molar-refractivity contribution in [2.24, 2.45) is 0 Å². The summed E-state index contributed by atoms with van der Waals surface area (Å²) < 4.78 is 10.7. The average Bonchev–Trinajstić information content (AvgIpc) is 3.01. The molecule has 0 aliphatic heterocycles. The molecular formula is C10H8BrN3OS. The lowest BCUT2D eigenvalue weighted by Gasteiger charge is -1.99. The Hall–Kier alpha value is -1.01. The van der Waals surface area contributed by atoms with Crippen LogP contribution in [0.3, 0.4) is 0 Å². The van der Waals surface area contributed by atoms with Crippen molar-refractivity contribution < 1.29 is 4.74 Å². The molecule has 82 valence electrons. The molecule has 0 atom stereocenters. The number of aromatic nitrogens is 3. The lowest BCUT2D eigenvalue weighted by molar-refractivity contribution is 0.474. The van der Waals surface area contributed by atoms with E-state index in [9.17, 15) is 0 Å². The fourth-order valence-electron chi connectivity index (χ4n) is 1.32. The number of rotatable bonds is 3. The van der Waals surface area contributed by atoms with Gasteiger partial charge >= 0.3 is 0 Å². The third kappa shape index (κ3) is 2.22. The first-order chi connectivity index (χ1) is 7.81. The zero-order valence-electron chi connectivity index (χ0n) is 8.26. The predicted octanol–water partition coefficient (Wildman–Crippen LogP) is 3.37. The van der Waals surface area contributed by atoms with Gasteiger partial charge in [0, 0.05) is 28.1 Å². The van der Waals surface area contributed by atoms with Gasteiger partial charge in [0.15, 0.2) is 0 Å². The molecule has 4 nitrogen and oxygen atoms in total. The summed E-state index contributed by atoms with van der Waals surface area (Å²) in [5.74, 6) is 2.16. The minimum atomic E-state index is 0.564. The molecule has 0 aromatic carbocycles. The van der Waals surface area contributed by atoms with Crippen molar-refractivity contribution in [3.8, 4) is 10.9 Å². The maximum Gasteiger partial charge on any atom is 0.298 e. The molecule has 16 heavy (non-hydrogen) atoms. The third-order valence-corrected chi connectivity index (χ3v) is 3.29. The van der Waals surface area contributed by atoms with Crippen molar-refractivity contribution in [1.29, 1.82) is 0 Å². The maximum atomic E-state index is 5.57. The fourth-order valence-corrected chi connectivity index (χ4v) is 2.29. The van der Waals surface area contributed by atoms with Gasteiger partial charge in [0.2, 0.25) is 0 Å². The monoisotopic (exact) mass is 297 g/mol. The summed E-state index contributed by atoms with van der Waals surface area (Å²) in [5.41, 5.74) is 0. The Morgan fingerprint density at radius 1 is 1.38 bits per heavy atom. The van der Waals surface area contributed by atoms with Gasteiger partial charge < -0.3 is 4.74 Å². The second-order valence-corrected chi connectivity index (χ2v) is 5.26. The summed E-state index contributed by atoms with van der Waals surface area (Å²) in [6.07, 6.45) is 5.77. The molecule has 0 amide bonds. The molecule has 0 bridgehead atoms. The van der Waals surface area contributed by atoms with E-state index in [1.54, 1.807) is 12.4 Å². The largest absolute Gasteiger partial charge is 0.428 e. The number of halogens is 1. The normalized spacial score (nSPS) is 15.1. The van der Waals surface area contributed by atoms with Gasteiger partial charge in [0.1, 0.15) is 11.6 Å². The van der Waals surface area contributed by atoms with Crippen molar-refractivity contribution in [1.82, 2.24) is 14.3 Å². The number of nitrogens with zero attached hydrogens (tertiary/aromatic N) is 3. The fraction of sp³-hybridized carbons (Fsp3) is 0.300. The van der Waals surface area contributed by atoms with E-state index >= 15 is 0 Å². The Morgan fingerprint density at radius 2 is 2.25 bits per heavy atom. The molecule has 0 N–H and O–H groups in total. The maximum absolute atomic E-state index is 5.57. The molecule has 0 spiro atoms. The molecule has 2 aromatic rings. The molecule has 1 aliphatic rings. The van der Waals surface area contributed by atoms with E-state index in [0.717, 1.165) is 10.3 Å². The standard InChI is InChI=1S/C10H8BrN3OS/c11-7-3-8(5-12-4-7)15-10-13-9(14-16-10)6-1-2-6/h3-6H,1-2H2. The van der Waals surface area contributed by atoms with Gasteiger partial charge in [-0.3, -0.25) is 4.98 Å². The van der Waals surface area contributed by atoms with Gasteiger partial charge in [0.25, 0.3) is 5.19 Å². The number of pyridine rings is 1. The lowest BCUT2D eigenvalue weighted by Crippen LogP contribution is -1.86. The highest BCUT2D eigenvalue weighted by atomic mass is 79.9. The highest BCUT2D eigenvalue weighted by molar-refractivity contribution is 9.10. The topological polar surface area (TPSA) is 47.9 Å². The Bertz CT molecular complexity index is 512. The smallest absolute Gasteiger partial charge is 0.298 e. The van der Waals surface area contributed by atoms with Crippen molar-refractivity contribution in [2.45, 2.75) is 18.8 Å². The van der Waals surface area contributed by atoms with Gasteiger partial charge in [-0.15, -0.1) is 0 Å². The predicted molar refractivity (Wildman–Crippen MR) is 63.9 cm³/mol. The second kappa shape index (κ2) is 4.10. The van der Waals surface area contributed by atoms with E-state index in [0.29, 0.717) is 16.9 Å². The van der Waals surface area contributed by atoms with Crippen LogP contribution in [0.25, 0.3) is 0 Å². The number of hydrogen-bond acceptors (Lipinski definition) is 5. The summed E-state index contributed by atoms with van der Waals surface area (Å²) in [7, 11) is 0. The van der Waals surface area contributed by atoms with Crippen LogP contribution < -0.4 is 4.74 Å². The van der Waals surface area contributed by atoms with Crippen LogP contribution in [0, 0.1) is 0 Å². The Morgan fingerprint density at radius 3 is 3.00 bits per heavy atom. The number of ether oxygens (including phenoxy) is 1. The zero-order valence-corrected chi connectivity index (χ0v) is 10.7. The molecule has 0 radical (unpaired) electrons. The summed E-state index contributed by atoms with van der Waals surface area (Å²) in [6, 6.07) is 1.85. The highest BCUT2D eigenvalue weighted by Crippen LogP contribution is 2.40. The summed E-state index contributed by atoms with van der Waals surface area (Å²) >= 11 is 4.63. The first kappa shape index (κ1) is 10.2. The molecule has 0 saturated heterocycles. The van der Waals surface area contributed by atoms with Gasteiger partial charge in [-0.05, 0) is 34.8 Å². The van der Waals surface area contributed by atoms with Crippen LogP contribution in [-0.4, -0.2) is 14.3 Å². The van der Waals surface area contributed by atoms with Crippen LogP contribution in [-0.2, 0) is 0 Å². The molecule has 6 heteroatoms. The molecule has 3 rings (SSSR count). The first-order valence-corrected chi connectivity index (χ1v) is 6.50. The van der Waals surface area contributed by atoms with Crippen LogP contribution in [0.5, 0.6) is 10.9 Å². The van der Waals surface area contributed by atoms with Crippen LogP contribution >= 0.6 is 27.5 Å². The summed E-state index contributed by atoms with van der Waals surface area (Å²) in [6.45, 7) is 0. The van der Waals surface area contributed by atoms with Crippen molar-refractivity contribution in [3.05, 3.63) is 28.8 Å². The molecule has 2 heterocycles. The SMILES string of the molecule is Brc1cncc(Oc2nc(C3CC3)ns2)c1. The van der Waals surface area contributed by atoms with E-state index in [-0.39, 0.29) is 0 Å². The Kier molecular flexibility index (Phi) is 2.61. The van der Waals surface area contributed by atoms with E-state index in [1.165, 1.54) is 24.4 Å². The van der Waals surface area contributed by atoms with Gasteiger partial charge in [-0.25, -0.2) is 0 Å².